The van der Waals surface area contributed by atoms with Crippen molar-refractivity contribution in [3.63, 3.8) is 0 Å². The van der Waals surface area contributed by atoms with Crippen LogP contribution in [0.1, 0.15) is 16.8 Å². The number of fused-ring (bicyclic) bond motifs is 2. The zero-order valence-electron chi connectivity index (χ0n) is 11.2. The first-order valence-corrected chi connectivity index (χ1v) is 6.75. The molecule has 0 spiro atoms. The smallest absolute Gasteiger partial charge is 0.0708 e. The largest absolute Gasteiger partial charge is 0.358 e. The Balaban J connectivity index is 1.92. The predicted molar refractivity (Wildman–Crippen MR) is 85.5 cm³/mol. The van der Waals surface area contributed by atoms with E-state index in [9.17, 15) is 0 Å². The summed E-state index contributed by atoms with van der Waals surface area (Å²) in [7, 11) is 0. The van der Waals surface area contributed by atoms with E-state index in [-0.39, 0.29) is 0 Å². The Hall–Kier alpha value is -2.61. The molecule has 96 valence electrons. The van der Waals surface area contributed by atoms with Gasteiger partial charge < -0.3 is 4.98 Å². The molecule has 2 aromatic carbocycles. The van der Waals surface area contributed by atoms with Crippen LogP contribution in [-0.4, -0.2) is 11.2 Å². The third-order valence-corrected chi connectivity index (χ3v) is 3.80. The molecule has 0 amide bonds. The first-order chi connectivity index (χ1) is 9.83. The van der Waals surface area contributed by atoms with Gasteiger partial charge in [-0.1, -0.05) is 36.4 Å². The fourth-order valence-electron chi connectivity index (χ4n) is 2.79. The Bertz CT molecular complexity index is 866. The lowest BCUT2D eigenvalue weighted by Crippen LogP contribution is -1.82. The molecule has 1 aromatic heterocycles. The van der Waals surface area contributed by atoms with E-state index in [0.717, 1.165) is 5.69 Å². The molecule has 1 aliphatic rings. The lowest BCUT2D eigenvalue weighted by Gasteiger charge is -2.00. The van der Waals surface area contributed by atoms with Crippen LogP contribution >= 0.6 is 0 Å². The summed E-state index contributed by atoms with van der Waals surface area (Å²) in [6.07, 6.45) is 4.18. The van der Waals surface area contributed by atoms with Gasteiger partial charge in [0.1, 0.15) is 0 Å². The summed E-state index contributed by atoms with van der Waals surface area (Å²) in [6, 6.07) is 16.7. The Kier molecular flexibility index (Phi) is 2.36. The molecule has 0 saturated heterocycles. The molecule has 1 aliphatic heterocycles. The van der Waals surface area contributed by atoms with Crippen molar-refractivity contribution in [3.05, 3.63) is 65.4 Å². The number of hydrogen-bond acceptors (Lipinski definition) is 1. The molecular formula is C18H14N2. The van der Waals surface area contributed by atoms with Crippen molar-refractivity contribution in [2.24, 2.45) is 4.99 Å². The first kappa shape index (κ1) is 11.2. The molecule has 0 aliphatic carbocycles. The topological polar surface area (TPSA) is 28.1 Å². The van der Waals surface area contributed by atoms with Gasteiger partial charge in [0, 0.05) is 39.5 Å². The van der Waals surface area contributed by atoms with Gasteiger partial charge >= 0.3 is 0 Å². The maximum absolute atomic E-state index is 4.47. The second-order valence-electron chi connectivity index (χ2n) is 5.08. The molecule has 2 heteroatoms. The number of benzene rings is 2. The van der Waals surface area contributed by atoms with Gasteiger partial charge in [0.2, 0.25) is 0 Å². The highest BCUT2D eigenvalue weighted by Crippen LogP contribution is 2.34. The highest BCUT2D eigenvalue weighted by atomic mass is 14.8. The van der Waals surface area contributed by atoms with Gasteiger partial charge in [-0.15, -0.1) is 0 Å². The van der Waals surface area contributed by atoms with E-state index in [2.05, 4.69) is 65.4 Å². The number of nitrogens with zero attached hydrogens (tertiary/aromatic N) is 1. The van der Waals surface area contributed by atoms with Crippen LogP contribution in [0.4, 0.5) is 5.69 Å². The average molecular weight is 258 g/mol. The third kappa shape index (κ3) is 1.62. The maximum Gasteiger partial charge on any atom is 0.0708 e. The summed E-state index contributed by atoms with van der Waals surface area (Å²) in [5.74, 6) is 0. The quantitative estimate of drug-likeness (QED) is 0.653. The summed E-state index contributed by atoms with van der Waals surface area (Å²) in [4.78, 5) is 7.90. The summed E-state index contributed by atoms with van der Waals surface area (Å²) in [5, 5.41) is 1.26. The number of allylic oxidation sites excluding steroid dienone is 1. The fourth-order valence-corrected chi connectivity index (χ4v) is 2.79. The van der Waals surface area contributed by atoms with E-state index in [1.807, 2.05) is 12.3 Å². The normalized spacial score (nSPS) is 15.2. The maximum atomic E-state index is 4.47. The molecule has 2 nitrogen and oxygen atoms in total. The molecular weight excluding hydrogens is 244 g/mol. The van der Waals surface area contributed by atoms with Crippen molar-refractivity contribution in [1.29, 1.82) is 0 Å². The summed E-state index contributed by atoms with van der Waals surface area (Å²) in [5.41, 5.74) is 7.05. The molecule has 2 heterocycles. The average Bonchev–Trinajstić information content (AvgIpc) is 3.02. The van der Waals surface area contributed by atoms with Crippen LogP contribution in [0, 0.1) is 6.92 Å². The number of aromatic nitrogens is 1. The van der Waals surface area contributed by atoms with E-state index in [1.54, 1.807) is 0 Å². The van der Waals surface area contributed by atoms with Crippen LogP contribution in [0.5, 0.6) is 0 Å². The van der Waals surface area contributed by atoms with Gasteiger partial charge in [-0.2, -0.15) is 0 Å². The third-order valence-electron chi connectivity index (χ3n) is 3.80. The van der Waals surface area contributed by atoms with Crippen molar-refractivity contribution in [3.8, 4) is 0 Å². The highest BCUT2D eigenvalue weighted by molar-refractivity contribution is 6.22. The van der Waals surface area contributed by atoms with Crippen molar-refractivity contribution in [2.75, 3.05) is 0 Å². The molecule has 3 aromatic rings. The zero-order valence-corrected chi connectivity index (χ0v) is 11.2. The first-order valence-electron chi connectivity index (χ1n) is 6.75. The second-order valence-corrected chi connectivity index (χ2v) is 5.08. The van der Waals surface area contributed by atoms with E-state index in [4.69, 9.17) is 0 Å². The number of aromatic amines is 1. The number of aliphatic imine (C=N–C) groups is 1. The van der Waals surface area contributed by atoms with Gasteiger partial charge in [0.25, 0.3) is 0 Å². The number of H-pyrrole nitrogens is 1. The van der Waals surface area contributed by atoms with Gasteiger partial charge in [0.15, 0.2) is 0 Å². The number of hydrogen-bond donors (Lipinski definition) is 1. The lowest BCUT2D eigenvalue weighted by molar-refractivity contribution is 1.29. The molecule has 0 atom stereocenters. The Morgan fingerprint density at radius 1 is 1.00 bits per heavy atom. The van der Waals surface area contributed by atoms with E-state index >= 15 is 0 Å². The number of nitrogens with one attached hydrogen (secondary N) is 1. The van der Waals surface area contributed by atoms with Crippen LogP contribution in [0.25, 0.3) is 22.6 Å². The number of para-hydroxylation sites is 2. The van der Waals surface area contributed by atoms with E-state index < -0.39 is 0 Å². The summed E-state index contributed by atoms with van der Waals surface area (Å²) >= 11 is 0. The van der Waals surface area contributed by atoms with Crippen LogP contribution < -0.4 is 0 Å². The van der Waals surface area contributed by atoms with Gasteiger partial charge in [-0.3, -0.25) is 4.99 Å². The zero-order chi connectivity index (χ0) is 13.5. The van der Waals surface area contributed by atoms with Crippen molar-refractivity contribution in [1.82, 2.24) is 4.98 Å². The van der Waals surface area contributed by atoms with E-state index in [0.29, 0.717) is 0 Å². The van der Waals surface area contributed by atoms with Crippen LogP contribution in [-0.2, 0) is 0 Å². The molecule has 20 heavy (non-hydrogen) atoms. The van der Waals surface area contributed by atoms with Crippen LogP contribution in [0.2, 0.25) is 0 Å². The molecule has 1 N–H and O–H groups in total. The fraction of sp³-hybridized carbons (Fsp3) is 0.0556. The lowest BCUT2D eigenvalue weighted by atomic mass is 10.0. The minimum Gasteiger partial charge on any atom is -0.358 e. The highest BCUT2D eigenvalue weighted by Gasteiger charge is 2.13. The standard InChI is InChI=1S/C18H14N2/c1-12-16(15-7-3-5-9-18(15)20-12)10-13-11-19-17-8-4-2-6-14(13)17/h2-11,20H,1H3. The minimum atomic E-state index is 1.05. The Labute approximate surface area is 117 Å². The molecule has 0 unspecified atom stereocenters. The molecule has 0 fully saturated rings. The van der Waals surface area contributed by atoms with Crippen molar-refractivity contribution in [2.45, 2.75) is 6.92 Å². The Morgan fingerprint density at radius 2 is 1.80 bits per heavy atom. The predicted octanol–water partition coefficient (Wildman–Crippen LogP) is 4.73. The van der Waals surface area contributed by atoms with Gasteiger partial charge in [0.05, 0.1) is 5.69 Å². The van der Waals surface area contributed by atoms with Crippen molar-refractivity contribution >= 4 is 34.5 Å². The van der Waals surface area contributed by atoms with E-state index in [1.165, 1.54) is 33.3 Å². The summed E-state index contributed by atoms with van der Waals surface area (Å²) in [6.45, 7) is 2.12. The Morgan fingerprint density at radius 3 is 2.75 bits per heavy atom. The monoisotopic (exact) mass is 258 g/mol. The molecule has 0 bridgehead atoms. The van der Waals surface area contributed by atoms with Crippen LogP contribution in [0.3, 0.4) is 0 Å². The minimum absolute atomic E-state index is 1.05. The molecule has 0 radical (unpaired) electrons. The second kappa shape index (κ2) is 4.20. The molecule has 4 rings (SSSR count). The number of rotatable bonds is 1. The van der Waals surface area contributed by atoms with Crippen molar-refractivity contribution < 1.29 is 0 Å². The summed E-state index contributed by atoms with van der Waals surface area (Å²) < 4.78 is 0. The number of aryl methyl sites for hydroxylation is 1. The SMILES string of the molecule is Cc1[nH]c2ccccc2c1C=C1C=Nc2ccccc21. The van der Waals surface area contributed by atoms with Gasteiger partial charge in [-0.25, -0.2) is 0 Å². The van der Waals surface area contributed by atoms with Gasteiger partial charge in [-0.05, 0) is 25.1 Å². The molecule has 0 saturated carbocycles. The van der Waals surface area contributed by atoms with Crippen LogP contribution in [0.15, 0.2) is 53.5 Å².